The van der Waals surface area contributed by atoms with Crippen molar-refractivity contribution in [3.05, 3.63) is 42.1 Å². The molecule has 1 N–H and O–H groups in total. The first-order chi connectivity index (χ1) is 10.3. The third-order valence-electron chi connectivity index (χ3n) is 2.70. The molecule has 0 amide bonds. The highest BCUT2D eigenvalue weighted by molar-refractivity contribution is 8.00. The third kappa shape index (κ3) is 3.97. The number of carbonyl (C=O) groups is 1. The highest BCUT2D eigenvalue weighted by Crippen LogP contribution is 2.32. The summed E-state index contributed by atoms with van der Waals surface area (Å²) in [5.41, 5.74) is -0.496. The normalized spacial score (nSPS) is 12.9. The zero-order chi connectivity index (χ0) is 16.3. The summed E-state index contributed by atoms with van der Waals surface area (Å²) in [6.07, 6.45) is -4.63. The number of aliphatic carboxylic acids is 1. The molecule has 0 radical (unpaired) electrons. The molecule has 0 saturated heterocycles. The number of rotatable bonds is 4. The molecule has 2 aromatic rings. The average molecular weight is 328 g/mol. The molecule has 0 aliphatic carbocycles. The molecule has 0 saturated carbocycles. The van der Waals surface area contributed by atoms with Crippen molar-refractivity contribution in [2.24, 2.45) is 0 Å². The molecule has 0 bridgehead atoms. The number of aromatic nitrogens is 2. The molecule has 1 aromatic carbocycles. The molecular formula is C14H11F3N2O2S. The van der Waals surface area contributed by atoms with Crippen molar-refractivity contribution in [3.8, 4) is 11.3 Å². The van der Waals surface area contributed by atoms with Crippen LogP contribution >= 0.6 is 11.8 Å². The Hall–Kier alpha value is -2.09. The number of benzene rings is 1. The van der Waals surface area contributed by atoms with Gasteiger partial charge in [0.05, 0.1) is 5.69 Å². The summed E-state index contributed by atoms with van der Waals surface area (Å²) in [6.45, 7) is 1.36. The topological polar surface area (TPSA) is 63.1 Å². The number of carboxylic acid groups (broad SMARTS) is 1. The van der Waals surface area contributed by atoms with Crippen LogP contribution in [0.4, 0.5) is 13.2 Å². The lowest BCUT2D eigenvalue weighted by atomic mass is 10.1. The van der Waals surface area contributed by atoms with E-state index in [-0.39, 0.29) is 10.9 Å². The fourth-order valence-electron chi connectivity index (χ4n) is 1.59. The smallest absolute Gasteiger partial charge is 0.433 e. The van der Waals surface area contributed by atoms with Crippen LogP contribution in [-0.4, -0.2) is 26.3 Å². The standard InChI is InChI=1S/C14H11F3N2O2S/c1-8(12(20)21)22-13-18-10(9-5-3-2-4-6-9)7-11(19-13)14(15,16)17/h2-8H,1H3,(H,20,21)/t8-/m1/s1. The molecule has 8 heteroatoms. The Morgan fingerprint density at radius 1 is 1.23 bits per heavy atom. The maximum Gasteiger partial charge on any atom is 0.433 e. The number of halogens is 3. The van der Waals surface area contributed by atoms with E-state index in [9.17, 15) is 18.0 Å². The first-order valence-corrected chi connectivity index (χ1v) is 7.06. The highest BCUT2D eigenvalue weighted by Gasteiger charge is 2.34. The van der Waals surface area contributed by atoms with Gasteiger partial charge in [0.25, 0.3) is 0 Å². The van der Waals surface area contributed by atoms with Gasteiger partial charge in [-0.05, 0) is 13.0 Å². The zero-order valence-corrected chi connectivity index (χ0v) is 12.1. The van der Waals surface area contributed by atoms with E-state index in [0.29, 0.717) is 17.3 Å². The molecule has 0 spiro atoms. The maximum atomic E-state index is 12.9. The van der Waals surface area contributed by atoms with Gasteiger partial charge >= 0.3 is 12.1 Å². The molecule has 4 nitrogen and oxygen atoms in total. The SMILES string of the molecule is C[C@@H](Sc1nc(-c2ccccc2)cc(C(F)(F)F)n1)C(=O)O. The van der Waals surface area contributed by atoms with Crippen molar-refractivity contribution in [2.75, 3.05) is 0 Å². The lowest BCUT2D eigenvalue weighted by molar-refractivity contribution is -0.141. The molecule has 1 atom stereocenters. The molecule has 1 aromatic heterocycles. The summed E-state index contributed by atoms with van der Waals surface area (Å²) in [4.78, 5) is 18.3. The number of hydrogen-bond acceptors (Lipinski definition) is 4. The van der Waals surface area contributed by atoms with E-state index in [1.807, 2.05) is 0 Å². The average Bonchev–Trinajstić information content (AvgIpc) is 2.46. The van der Waals surface area contributed by atoms with Gasteiger partial charge < -0.3 is 5.11 Å². The molecule has 0 unspecified atom stereocenters. The lowest BCUT2D eigenvalue weighted by Crippen LogP contribution is -2.14. The predicted molar refractivity (Wildman–Crippen MR) is 75.4 cm³/mol. The number of nitrogens with zero attached hydrogens (tertiary/aromatic N) is 2. The largest absolute Gasteiger partial charge is 0.480 e. The van der Waals surface area contributed by atoms with E-state index in [1.165, 1.54) is 6.92 Å². The van der Waals surface area contributed by atoms with Gasteiger partial charge in [-0.2, -0.15) is 13.2 Å². The van der Waals surface area contributed by atoms with Crippen LogP contribution in [0.5, 0.6) is 0 Å². The van der Waals surface area contributed by atoms with Crippen molar-refractivity contribution in [2.45, 2.75) is 23.5 Å². The van der Waals surface area contributed by atoms with Crippen molar-refractivity contribution < 1.29 is 23.1 Å². The van der Waals surface area contributed by atoms with Gasteiger partial charge in [0, 0.05) is 5.56 Å². The predicted octanol–water partition coefficient (Wildman–Crippen LogP) is 3.73. The minimum atomic E-state index is -4.63. The number of thioether (sulfide) groups is 1. The fraction of sp³-hybridized carbons (Fsp3) is 0.214. The van der Waals surface area contributed by atoms with Gasteiger partial charge in [0.15, 0.2) is 5.16 Å². The van der Waals surface area contributed by atoms with Crippen LogP contribution < -0.4 is 0 Å². The van der Waals surface area contributed by atoms with Gasteiger partial charge in [-0.25, -0.2) is 9.97 Å². The van der Waals surface area contributed by atoms with E-state index >= 15 is 0 Å². The van der Waals surface area contributed by atoms with Crippen LogP contribution in [0.15, 0.2) is 41.6 Å². The zero-order valence-electron chi connectivity index (χ0n) is 11.3. The van der Waals surface area contributed by atoms with E-state index in [4.69, 9.17) is 5.11 Å². The van der Waals surface area contributed by atoms with Crippen molar-refractivity contribution in [3.63, 3.8) is 0 Å². The minimum Gasteiger partial charge on any atom is -0.480 e. The summed E-state index contributed by atoms with van der Waals surface area (Å²) < 4.78 is 38.8. The third-order valence-corrected chi connectivity index (χ3v) is 3.64. The van der Waals surface area contributed by atoms with Crippen molar-refractivity contribution in [1.29, 1.82) is 0 Å². The quantitative estimate of drug-likeness (QED) is 0.684. The van der Waals surface area contributed by atoms with Crippen LogP contribution in [0, 0.1) is 0 Å². The Bertz CT molecular complexity index is 678. The molecule has 22 heavy (non-hydrogen) atoms. The van der Waals surface area contributed by atoms with E-state index in [0.717, 1.165) is 6.07 Å². The molecular weight excluding hydrogens is 317 g/mol. The molecule has 116 valence electrons. The van der Waals surface area contributed by atoms with Crippen molar-refractivity contribution >= 4 is 17.7 Å². The highest BCUT2D eigenvalue weighted by atomic mass is 32.2. The van der Waals surface area contributed by atoms with E-state index in [1.54, 1.807) is 30.3 Å². The summed E-state index contributed by atoms with van der Waals surface area (Å²) >= 11 is 0.669. The molecule has 0 aliphatic rings. The lowest BCUT2D eigenvalue weighted by Gasteiger charge is -2.11. The number of hydrogen-bond donors (Lipinski definition) is 1. The Labute approximate surface area is 128 Å². The van der Waals surface area contributed by atoms with Gasteiger partial charge in [-0.3, -0.25) is 4.79 Å². The van der Waals surface area contributed by atoms with E-state index in [2.05, 4.69) is 9.97 Å². The Kier molecular flexibility index (Phi) is 4.70. The van der Waals surface area contributed by atoms with E-state index < -0.39 is 23.1 Å². The number of alkyl halides is 3. The van der Waals surface area contributed by atoms with Crippen LogP contribution in [0.25, 0.3) is 11.3 Å². The fourth-order valence-corrected chi connectivity index (χ4v) is 2.31. The summed E-state index contributed by atoms with van der Waals surface area (Å²) in [5, 5.41) is 7.69. The Morgan fingerprint density at radius 2 is 1.86 bits per heavy atom. The Balaban J connectivity index is 2.48. The van der Waals surface area contributed by atoms with Gasteiger partial charge in [0.2, 0.25) is 0 Å². The second kappa shape index (κ2) is 6.35. The minimum absolute atomic E-state index is 0.100. The first-order valence-electron chi connectivity index (χ1n) is 6.18. The Morgan fingerprint density at radius 3 is 2.41 bits per heavy atom. The summed E-state index contributed by atoms with van der Waals surface area (Å²) in [6, 6.07) is 9.19. The number of carboxylic acids is 1. The summed E-state index contributed by atoms with van der Waals surface area (Å²) in [5.74, 6) is -1.15. The van der Waals surface area contributed by atoms with Crippen LogP contribution in [-0.2, 0) is 11.0 Å². The van der Waals surface area contributed by atoms with Crippen LogP contribution in [0.3, 0.4) is 0 Å². The van der Waals surface area contributed by atoms with Crippen molar-refractivity contribution in [1.82, 2.24) is 9.97 Å². The summed E-state index contributed by atoms with van der Waals surface area (Å²) in [7, 11) is 0. The van der Waals surface area contributed by atoms with Crippen LogP contribution in [0.2, 0.25) is 0 Å². The second-order valence-electron chi connectivity index (χ2n) is 4.38. The molecule has 0 aliphatic heterocycles. The molecule has 1 heterocycles. The molecule has 2 rings (SSSR count). The van der Waals surface area contributed by atoms with Gasteiger partial charge in [0.1, 0.15) is 10.9 Å². The maximum absolute atomic E-state index is 12.9. The first kappa shape index (κ1) is 16.3. The van der Waals surface area contributed by atoms with Gasteiger partial charge in [-0.15, -0.1) is 0 Å². The van der Waals surface area contributed by atoms with Gasteiger partial charge in [-0.1, -0.05) is 42.1 Å². The molecule has 0 fully saturated rings. The van der Waals surface area contributed by atoms with Crippen LogP contribution in [0.1, 0.15) is 12.6 Å². The second-order valence-corrected chi connectivity index (χ2v) is 5.69. The monoisotopic (exact) mass is 328 g/mol.